The zero-order valence-electron chi connectivity index (χ0n) is 9.14. The highest BCUT2D eigenvalue weighted by Gasteiger charge is 2.22. The summed E-state index contributed by atoms with van der Waals surface area (Å²) in [5, 5.41) is 5.44. The number of rotatable bonds is 4. The van der Waals surface area contributed by atoms with Crippen LogP contribution in [0.15, 0.2) is 23.1 Å². The number of ether oxygens (including phenoxy) is 2. The molecule has 1 fully saturated rings. The first-order chi connectivity index (χ1) is 7.72. The Bertz CT molecular complexity index is 404. The molecule has 1 aliphatic carbocycles. The Labute approximate surface area is 97.3 Å². The van der Waals surface area contributed by atoms with E-state index in [1.165, 1.54) is 13.5 Å². The molecule has 0 bridgehead atoms. The maximum absolute atomic E-state index is 11.5. The fourth-order valence-corrected chi connectivity index (χ4v) is 2.28. The third kappa shape index (κ3) is 2.20. The molecule has 1 aromatic rings. The van der Waals surface area contributed by atoms with Gasteiger partial charge in [0.15, 0.2) is 0 Å². The molecule has 1 aliphatic rings. The van der Waals surface area contributed by atoms with E-state index in [2.05, 4.69) is 0 Å². The normalized spacial score (nSPS) is 17.6. The average Bonchev–Trinajstić information content (AvgIpc) is 2.22. The van der Waals surface area contributed by atoms with Gasteiger partial charge in [-0.05, 0) is 31.4 Å². The van der Waals surface area contributed by atoms with Crippen molar-refractivity contribution in [3.8, 4) is 11.5 Å². The molecule has 4 nitrogen and oxygen atoms in total. The molecule has 0 heterocycles. The van der Waals surface area contributed by atoms with Gasteiger partial charge < -0.3 is 9.47 Å². The summed E-state index contributed by atoms with van der Waals surface area (Å²) in [5.74, 6) is 1.09. The molecule has 88 valence electrons. The monoisotopic (exact) mass is 241 g/mol. The molecule has 1 saturated carbocycles. The van der Waals surface area contributed by atoms with Crippen LogP contribution in [-0.4, -0.2) is 17.4 Å². The van der Waals surface area contributed by atoms with Crippen LogP contribution >= 0.6 is 0 Å². The standard InChI is InChI=1S/C11H15NO3S/c1-14-9-6-3-7-10(11(9)16(12)13)15-8-4-2-5-8/h3,6-8H,2,4-5,12H2,1H3. The van der Waals surface area contributed by atoms with Gasteiger partial charge in [-0.2, -0.15) is 0 Å². The molecular weight excluding hydrogens is 226 g/mol. The third-order valence-electron chi connectivity index (χ3n) is 2.71. The van der Waals surface area contributed by atoms with Crippen molar-refractivity contribution >= 4 is 11.0 Å². The van der Waals surface area contributed by atoms with Crippen LogP contribution in [-0.2, 0) is 11.0 Å². The van der Waals surface area contributed by atoms with E-state index in [1.54, 1.807) is 12.1 Å². The van der Waals surface area contributed by atoms with Gasteiger partial charge in [0.25, 0.3) is 0 Å². The molecule has 0 amide bonds. The first-order valence-corrected chi connectivity index (χ1v) is 6.43. The van der Waals surface area contributed by atoms with Crippen molar-refractivity contribution in [2.24, 2.45) is 5.14 Å². The Morgan fingerprint density at radius 1 is 1.38 bits per heavy atom. The van der Waals surface area contributed by atoms with Gasteiger partial charge in [-0.1, -0.05) is 6.07 Å². The molecule has 5 heteroatoms. The SMILES string of the molecule is COc1cccc(OC2CCC2)c1S(N)=O. The summed E-state index contributed by atoms with van der Waals surface area (Å²) in [5.41, 5.74) is 0. The first kappa shape index (κ1) is 11.4. The second-order valence-corrected chi connectivity index (χ2v) is 4.76. The largest absolute Gasteiger partial charge is 0.495 e. The lowest BCUT2D eigenvalue weighted by molar-refractivity contribution is 0.116. The molecule has 2 rings (SSSR count). The first-order valence-electron chi connectivity index (χ1n) is 5.22. The zero-order chi connectivity index (χ0) is 11.5. The lowest BCUT2D eigenvalue weighted by atomic mass is 9.96. The minimum atomic E-state index is -1.60. The third-order valence-corrected chi connectivity index (χ3v) is 3.51. The summed E-state index contributed by atoms with van der Waals surface area (Å²) in [7, 11) is -0.0696. The Morgan fingerprint density at radius 3 is 2.56 bits per heavy atom. The Kier molecular flexibility index (Phi) is 3.46. The summed E-state index contributed by atoms with van der Waals surface area (Å²) in [4.78, 5) is 0.442. The van der Waals surface area contributed by atoms with Crippen molar-refractivity contribution in [1.82, 2.24) is 0 Å². The van der Waals surface area contributed by atoms with E-state index >= 15 is 0 Å². The minimum absolute atomic E-state index is 0.231. The van der Waals surface area contributed by atoms with E-state index < -0.39 is 11.0 Å². The molecule has 1 aromatic carbocycles. The molecule has 0 radical (unpaired) electrons. The van der Waals surface area contributed by atoms with Crippen molar-refractivity contribution in [2.45, 2.75) is 30.3 Å². The second kappa shape index (κ2) is 4.84. The van der Waals surface area contributed by atoms with Gasteiger partial charge >= 0.3 is 0 Å². The van der Waals surface area contributed by atoms with E-state index in [-0.39, 0.29) is 6.10 Å². The van der Waals surface area contributed by atoms with E-state index in [0.717, 1.165) is 12.8 Å². The smallest absolute Gasteiger partial charge is 0.140 e. The summed E-state index contributed by atoms with van der Waals surface area (Å²) in [6.45, 7) is 0. The van der Waals surface area contributed by atoms with E-state index in [9.17, 15) is 4.21 Å². The van der Waals surface area contributed by atoms with Crippen molar-refractivity contribution in [2.75, 3.05) is 7.11 Å². The summed E-state index contributed by atoms with van der Waals surface area (Å²) >= 11 is 0. The quantitative estimate of drug-likeness (QED) is 0.871. The van der Waals surface area contributed by atoms with Gasteiger partial charge in [-0.15, -0.1) is 0 Å². The van der Waals surface area contributed by atoms with Crippen LogP contribution in [0.5, 0.6) is 11.5 Å². The lowest BCUT2D eigenvalue weighted by Crippen LogP contribution is -2.25. The van der Waals surface area contributed by atoms with Gasteiger partial charge in [0.2, 0.25) is 0 Å². The molecule has 1 unspecified atom stereocenters. The van der Waals surface area contributed by atoms with E-state index in [4.69, 9.17) is 14.6 Å². The van der Waals surface area contributed by atoms with Gasteiger partial charge in [0, 0.05) is 0 Å². The summed E-state index contributed by atoms with van der Waals surface area (Å²) in [6.07, 6.45) is 3.52. The van der Waals surface area contributed by atoms with Gasteiger partial charge in [0.05, 0.1) is 13.2 Å². The van der Waals surface area contributed by atoms with Crippen molar-refractivity contribution in [1.29, 1.82) is 0 Å². The van der Waals surface area contributed by atoms with Crippen molar-refractivity contribution < 1.29 is 13.7 Å². The molecule has 0 saturated heterocycles. The molecule has 0 aromatic heterocycles. The number of methoxy groups -OCH3 is 1. The van der Waals surface area contributed by atoms with Crippen molar-refractivity contribution in [3.63, 3.8) is 0 Å². The highest BCUT2D eigenvalue weighted by molar-refractivity contribution is 7.83. The van der Waals surface area contributed by atoms with E-state index in [0.29, 0.717) is 16.4 Å². The number of nitrogens with two attached hydrogens (primary N) is 1. The number of hydrogen-bond donors (Lipinski definition) is 1. The second-order valence-electron chi connectivity index (χ2n) is 3.76. The Hall–Kier alpha value is -1.07. The maximum atomic E-state index is 11.5. The molecule has 0 spiro atoms. The van der Waals surface area contributed by atoms with Gasteiger partial charge in [0.1, 0.15) is 27.4 Å². The molecular formula is C11H15NO3S. The van der Waals surface area contributed by atoms with Crippen molar-refractivity contribution in [3.05, 3.63) is 18.2 Å². The van der Waals surface area contributed by atoms with Crippen LogP contribution in [0.2, 0.25) is 0 Å². The molecule has 2 N–H and O–H groups in total. The van der Waals surface area contributed by atoms with Crippen LogP contribution < -0.4 is 14.6 Å². The average molecular weight is 241 g/mol. The summed E-state index contributed by atoms with van der Waals surface area (Å²) in [6, 6.07) is 5.32. The summed E-state index contributed by atoms with van der Waals surface area (Å²) < 4.78 is 22.3. The fourth-order valence-electron chi connectivity index (χ4n) is 1.62. The van der Waals surface area contributed by atoms with Crippen LogP contribution in [0.4, 0.5) is 0 Å². The predicted octanol–water partition coefficient (Wildman–Crippen LogP) is 1.61. The highest BCUT2D eigenvalue weighted by Crippen LogP contribution is 2.34. The van der Waals surface area contributed by atoms with Crippen LogP contribution in [0.25, 0.3) is 0 Å². The minimum Gasteiger partial charge on any atom is -0.495 e. The zero-order valence-corrected chi connectivity index (χ0v) is 9.96. The Morgan fingerprint density at radius 2 is 2.06 bits per heavy atom. The van der Waals surface area contributed by atoms with Gasteiger partial charge in [-0.3, -0.25) is 0 Å². The van der Waals surface area contributed by atoms with E-state index in [1.807, 2.05) is 6.07 Å². The molecule has 16 heavy (non-hydrogen) atoms. The molecule has 1 atom stereocenters. The molecule has 0 aliphatic heterocycles. The lowest BCUT2D eigenvalue weighted by Gasteiger charge is -2.27. The van der Waals surface area contributed by atoms with Crippen LogP contribution in [0.3, 0.4) is 0 Å². The van der Waals surface area contributed by atoms with Crippen LogP contribution in [0, 0.1) is 0 Å². The van der Waals surface area contributed by atoms with Gasteiger partial charge in [-0.25, -0.2) is 9.35 Å². The highest BCUT2D eigenvalue weighted by atomic mass is 32.2. The fraction of sp³-hybridized carbons (Fsp3) is 0.455. The van der Waals surface area contributed by atoms with Crippen LogP contribution in [0.1, 0.15) is 19.3 Å². The number of benzene rings is 1. The Balaban J connectivity index is 2.30. The topological polar surface area (TPSA) is 61.6 Å². The predicted molar refractivity (Wildman–Crippen MR) is 61.9 cm³/mol. The number of hydrogen-bond acceptors (Lipinski definition) is 3. The maximum Gasteiger partial charge on any atom is 0.140 e.